The molecule has 1 aromatic heterocycles. The van der Waals surface area contributed by atoms with Gasteiger partial charge in [0.2, 0.25) is 0 Å². The molecule has 0 radical (unpaired) electrons. The first kappa shape index (κ1) is 14.6. The van der Waals surface area contributed by atoms with Gasteiger partial charge in [-0.15, -0.1) is 11.3 Å². The van der Waals surface area contributed by atoms with Crippen LogP contribution in [-0.2, 0) is 0 Å². The van der Waals surface area contributed by atoms with Crippen LogP contribution in [0.4, 0.5) is 5.69 Å². The Morgan fingerprint density at radius 1 is 1.25 bits per heavy atom. The highest BCUT2D eigenvalue weighted by Crippen LogP contribution is 2.28. The molecule has 2 N–H and O–H groups in total. The lowest BCUT2D eigenvalue weighted by Gasteiger charge is -2.10. The van der Waals surface area contributed by atoms with E-state index < -0.39 is 11.9 Å². The maximum Gasteiger partial charge on any atom is 0.338 e. The Kier molecular flexibility index (Phi) is 4.11. The van der Waals surface area contributed by atoms with E-state index in [0.29, 0.717) is 15.5 Å². The number of thiophene rings is 1. The number of benzene rings is 1. The fourth-order valence-corrected chi connectivity index (χ4v) is 2.99. The number of carboxylic acids is 1. The molecule has 20 heavy (non-hydrogen) atoms. The van der Waals surface area contributed by atoms with Crippen molar-refractivity contribution in [2.45, 2.75) is 13.8 Å². The molecule has 0 aliphatic rings. The van der Waals surface area contributed by atoms with Gasteiger partial charge < -0.3 is 10.4 Å². The summed E-state index contributed by atoms with van der Waals surface area (Å²) in [6.07, 6.45) is 0. The molecule has 6 heteroatoms. The molecule has 104 valence electrons. The third kappa shape index (κ3) is 2.69. The number of carbonyl (C=O) groups is 2. The number of aryl methyl sites for hydroxylation is 2. The highest BCUT2D eigenvalue weighted by molar-refractivity contribution is 7.13. The Labute approximate surface area is 125 Å². The van der Waals surface area contributed by atoms with Gasteiger partial charge in [-0.2, -0.15) is 0 Å². The molecule has 2 aromatic rings. The molecule has 0 spiro atoms. The molecule has 2 rings (SSSR count). The van der Waals surface area contributed by atoms with Crippen LogP contribution < -0.4 is 5.32 Å². The largest absolute Gasteiger partial charge is 0.478 e. The van der Waals surface area contributed by atoms with E-state index in [1.807, 2.05) is 6.92 Å². The summed E-state index contributed by atoms with van der Waals surface area (Å²) < 4.78 is 0. The molecule has 0 unspecified atom stereocenters. The molecule has 0 bridgehead atoms. The van der Waals surface area contributed by atoms with E-state index in [0.717, 1.165) is 5.56 Å². The van der Waals surface area contributed by atoms with Crippen LogP contribution in [-0.4, -0.2) is 17.0 Å². The van der Waals surface area contributed by atoms with Gasteiger partial charge in [0.1, 0.15) is 4.88 Å². The van der Waals surface area contributed by atoms with E-state index >= 15 is 0 Å². The molecule has 1 heterocycles. The SMILES string of the molecule is Cc1csc(C(=O)Nc2cccc(C)c2C(=O)O)c1Cl. The highest BCUT2D eigenvalue weighted by Gasteiger charge is 2.18. The van der Waals surface area contributed by atoms with Crippen molar-refractivity contribution in [3.05, 3.63) is 50.2 Å². The number of nitrogens with one attached hydrogen (secondary N) is 1. The Hall–Kier alpha value is -1.85. The van der Waals surface area contributed by atoms with Gasteiger partial charge in [0.25, 0.3) is 5.91 Å². The quantitative estimate of drug-likeness (QED) is 0.901. The minimum Gasteiger partial charge on any atom is -0.478 e. The summed E-state index contributed by atoms with van der Waals surface area (Å²) in [7, 11) is 0. The molecule has 0 fully saturated rings. The van der Waals surface area contributed by atoms with Gasteiger partial charge in [0.05, 0.1) is 16.3 Å². The highest BCUT2D eigenvalue weighted by atomic mass is 35.5. The Morgan fingerprint density at radius 3 is 2.50 bits per heavy atom. The lowest BCUT2D eigenvalue weighted by atomic mass is 10.1. The molecule has 0 saturated heterocycles. The minimum absolute atomic E-state index is 0.0882. The number of anilines is 1. The van der Waals surface area contributed by atoms with Gasteiger partial charge in [0.15, 0.2) is 0 Å². The number of amides is 1. The normalized spacial score (nSPS) is 10.3. The van der Waals surface area contributed by atoms with E-state index in [1.54, 1.807) is 30.5 Å². The molecule has 0 aliphatic heterocycles. The molecule has 1 aromatic carbocycles. The van der Waals surface area contributed by atoms with Gasteiger partial charge >= 0.3 is 5.97 Å². The van der Waals surface area contributed by atoms with Crippen molar-refractivity contribution < 1.29 is 14.7 Å². The first-order chi connectivity index (χ1) is 9.41. The summed E-state index contributed by atoms with van der Waals surface area (Å²) in [5.74, 6) is -1.48. The van der Waals surface area contributed by atoms with Crippen molar-refractivity contribution in [1.82, 2.24) is 0 Å². The number of halogens is 1. The van der Waals surface area contributed by atoms with Gasteiger partial charge in [-0.3, -0.25) is 4.79 Å². The number of carboxylic acid groups (broad SMARTS) is 1. The van der Waals surface area contributed by atoms with Gasteiger partial charge in [0, 0.05) is 0 Å². The smallest absolute Gasteiger partial charge is 0.338 e. The summed E-state index contributed by atoms with van der Waals surface area (Å²) >= 11 is 7.27. The standard InChI is InChI=1S/C14H12ClNO3S/c1-7-4-3-5-9(10(7)14(18)19)16-13(17)12-11(15)8(2)6-20-12/h3-6H,1-2H3,(H,16,17)(H,18,19). The second kappa shape index (κ2) is 5.64. The average molecular weight is 310 g/mol. The minimum atomic E-state index is -1.08. The second-order valence-corrected chi connectivity index (χ2v) is 5.58. The summed E-state index contributed by atoms with van der Waals surface area (Å²) in [5, 5.41) is 14.0. The van der Waals surface area contributed by atoms with Crippen LogP contribution >= 0.6 is 22.9 Å². The molecular formula is C14H12ClNO3S. The molecule has 0 aliphatic carbocycles. The number of hydrogen-bond donors (Lipinski definition) is 2. The lowest BCUT2D eigenvalue weighted by molar-refractivity contribution is 0.0697. The van der Waals surface area contributed by atoms with Crippen LogP contribution in [0.25, 0.3) is 0 Å². The molecule has 0 saturated carbocycles. The zero-order chi connectivity index (χ0) is 14.9. The summed E-state index contributed by atoms with van der Waals surface area (Å²) in [6, 6.07) is 4.93. The Bertz CT molecular complexity index is 694. The third-order valence-corrected chi connectivity index (χ3v) is 4.54. The fourth-order valence-electron chi connectivity index (χ4n) is 1.82. The predicted molar refractivity (Wildman–Crippen MR) is 80.2 cm³/mol. The summed E-state index contributed by atoms with van der Waals surface area (Å²) in [4.78, 5) is 23.8. The zero-order valence-corrected chi connectivity index (χ0v) is 12.4. The van der Waals surface area contributed by atoms with Crippen LogP contribution in [0.3, 0.4) is 0 Å². The van der Waals surface area contributed by atoms with Crippen LogP contribution in [0, 0.1) is 13.8 Å². The van der Waals surface area contributed by atoms with E-state index in [2.05, 4.69) is 5.32 Å². The monoisotopic (exact) mass is 309 g/mol. The first-order valence-electron chi connectivity index (χ1n) is 5.79. The van der Waals surface area contributed by atoms with Crippen LogP contribution in [0.15, 0.2) is 23.6 Å². The van der Waals surface area contributed by atoms with Crippen molar-refractivity contribution in [3.63, 3.8) is 0 Å². The van der Waals surface area contributed by atoms with Gasteiger partial charge in [-0.25, -0.2) is 4.79 Å². The van der Waals surface area contributed by atoms with Crippen LogP contribution in [0.1, 0.15) is 31.2 Å². The maximum absolute atomic E-state index is 12.2. The first-order valence-corrected chi connectivity index (χ1v) is 7.05. The molecule has 4 nitrogen and oxygen atoms in total. The number of hydrogen-bond acceptors (Lipinski definition) is 3. The van der Waals surface area contributed by atoms with Gasteiger partial charge in [-0.1, -0.05) is 23.7 Å². The Morgan fingerprint density at radius 2 is 1.95 bits per heavy atom. The average Bonchev–Trinajstić information content (AvgIpc) is 2.69. The summed E-state index contributed by atoms with van der Waals surface area (Å²) in [6.45, 7) is 3.49. The van der Waals surface area contributed by atoms with Gasteiger partial charge in [-0.05, 0) is 36.4 Å². The van der Waals surface area contributed by atoms with Crippen molar-refractivity contribution in [1.29, 1.82) is 0 Å². The predicted octanol–water partition coefficient (Wildman–Crippen LogP) is 3.97. The maximum atomic E-state index is 12.2. The second-order valence-electron chi connectivity index (χ2n) is 4.32. The van der Waals surface area contributed by atoms with Crippen LogP contribution in [0.5, 0.6) is 0 Å². The molecule has 1 amide bonds. The van der Waals surface area contributed by atoms with Crippen molar-refractivity contribution in [2.75, 3.05) is 5.32 Å². The number of carbonyl (C=O) groups excluding carboxylic acids is 1. The van der Waals surface area contributed by atoms with E-state index in [1.165, 1.54) is 11.3 Å². The Balaban J connectivity index is 2.36. The van der Waals surface area contributed by atoms with Crippen LogP contribution in [0.2, 0.25) is 5.02 Å². The number of rotatable bonds is 3. The molecule has 0 atom stereocenters. The lowest BCUT2D eigenvalue weighted by Crippen LogP contribution is -2.14. The zero-order valence-electron chi connectivity index (χ0n) is 10.9. The van der Waals surface area contributed by atoms with Crippen molar-refractivity contribution in [2.24, 2.45) is 0 Å². The summed E-state index contributed by atoms with van der Waals surface area (Å²) in [5.41, 5.74) is 1.77. The third-order valence-electron chi connectivity index (χ3n) is 2.84. The topological polar surface area (TPSA) is 66.4 Å². The van der Waals surface area contributed by atoms with E-state index in [9.17, 15) is 14.7 Å². The fraction of sp³-hybridized carbons (Fsp3) is 0.143. The number of aromatic carboxylic acids is 1. The molecular weight excluding hydrogens is 298 g/mol. The van der Waals surface area contributed by atoms with Crippen molar-refractivity contribution in [3.8, 4) is 0 Å². The van der Waals surface area contributed by atoms with E-state index in [-0.39, 0.29) is 11.3 Å². The van der Waals surface area contributed by atoms with Crippen molar-refractivity contribution >= 4 is 40.5 Å². The van der Waals surface area contributed by atoms with E-state index in [4.69, 9.17) is 11.6 Å².